The minimum atomic E-state index is -4.97. The van der Waals surface area contributed by atoms with Gasteiger partial charge in [0.05, 0.1) is 6.61 Å². The summed E-state index contributed by atoms with van der Waals surface area (Å²) < 4.78 is 71.3. The topological polar surface area (TPSA) is 61.5 Å². The molecule has 118 valence electrons. The molecule has 1 aromatic carbocycles. The van der Waals surface area contributed by atoms with Crippen LogP contribution in [0.25, 0.3) is 0 Å². The zero-order chi connectivity index (χ0) is 16.3. The van der Waals surface area contributed by atoms with E-state index in [1.54, 1.807) is 0 Å². The summed E-state index contributed by atoms with van der Waals surface area (Å²) in [6, 6.07) is 1.56. The van der Waals surface area contributed by atoms with Crippen molar-refractivity contribution in [2.75, 3.05) is 6.61 Å². The summed E-state index contributed by atoms with van der Waals surface area (Å²) in [4.78, 5) is 11.1. The second-order valence-corrected chi connectivity index (χ2v) is 3.94. The first-order chi connectivity index (χ1) is 9.58. The first kappa shape index (κ1) is 17.2. The number of nitrogens with two attached hydrogens (primary N) is 1. The van der Waals surface area contributed by atoms with Crippen molar-refractivity contribution in [1.29, 1.82) is 0 Å². The van der Waals surface area contributed by atoms with E-state index in [1.807, 2.05) is 0 Å². The lowest BCUT2D eigenvalue weighted by Gasteiger charge is -2.22. The van der Waals surface area contributed by atoms with Crippen LogP contribution in [0.5, 0.6) is 5.75 Å². The predicted molar refractivity (Wildman–Crippen MR) is 61.6 cm³/mol. The number of esters is 1. The normalized spacial score (nSPS) is 13.7. The van der Waals surface area contributed by atoms with Crippen molar-refractivity contribution in [1.82, 2.24) is 0 Å². The Hall–Kier alpha value is -1.90. The molecule has 0 aliphatic rings. The van der Waals surface area contributed by atoms with Gasteiger partial charge >= 0.3 is 18.3 Å². The van der Waals surface area contributed by atoms with E-state index in [2.05, 4.69) is 9.47 Å². The smallest absolute Gasteiger partial charge is 0.462 e. The van der Waals surface area contributed by atoms with Gasteiger partial charge in [0.2, 0.25) is 0 Å². The standard InChI is InChI=1S/C12H12F5NO3/c1-2-20-10(19)11(13,14)9(18)7-4-3-5-8(6-7)21-12(15,16)17/h3-6,9H,2,18H2,1H3/t9-/m0/s1. The fourth-order valence-corrected chi connectivity index (χ4v) is 1.47. The molecule has 1 aromatic rings. The van der Waals surface area contributed by atoms with Crippen LogP contribution >= 0.6 is 0 Å². The van der Waals surface area contributed by atoms with Crippen molar-refractivity contribution in [3.05, 3.63) is 29.8 Å². The van der Waals surface area contributed by atoms with E-state index in [0.717, 1.165) is 18.2 Å². The minimum Gasteiger partial charge on any atom is -0.462 e. The minimum absolute atomic E-state index is 0.279. The van der Waals surface area contributed by atoms with Gasteiger partial charge in [0.15, 0.2) is 0 Å². The van der Waals surface area contributed by atoms with Gasteiger partial charge in [-0.3, -0.25) is 0 Å². The number of benzene rings is 1. The Morgan fingerprint density at radius 1 is 1.29 bits per heavy atom. The zero-order valence-corrected chi connectivity index (χ0v) is 10.8. The molecule has 0 spiro atoms. The number of rotatable bonds is 5. The molecule has 0 radical (unpaired) electrons. The summed E-state index contributed by atoms with van der Waals surface area (Å²) >= 11 is 0. The van der Waals surface area contributed by atoms with E-state index in [0.29, 0.717) is 6.07 Å². The van der Waals surface area contributed by atoms with Crippen LogP contribution in [0.4, 0.5) is 22.0 Å². The lowest BCUT2D eigenvalue weighted by molar-refractivity contribution is -0.274. The maximum atomic E-state index is 13.7. The number of alkyl halides is 5. The number of halogens is 5. The highest BCUT2D eigenvalue weighted by Gasteiger charge is 2.48. The highest BCUT2D eigenvalue weighted by molar-refractivity contribution is 5.78. The van der Waals surface area contributed by atoms with Gasteiger partial charge in [0.25, 0.3) is 0 Å². The largest absolute Gasteiger partial charge is 0.573 e. The molecule has 4 nitrogen and oxygen atoms in total. The van der Waals surface area contributed by atoms with E-state index >= 15 is 0 Å². The molecule has 0 aliphatic heterocycles. The molecule has 2 N–H and O–H groups in total. The molecule has 9 heteroatoms. The molecule has 0 unspecified atom stereocenters. The lowest BCUT2D eigenvalue weighted by atomic mass is 10.0. The summed E-state index contributed by atoms with van der Waals surface area (Å²) in [5.74, 6) is -6.64. The van der Waals surface area contributed by atoms with Crippen LogP contribution < -0.4 is 10.5 Å². The van der Waals surface area contributed by atoms with Gasteiger partial charge in [-0.25, -0.2) is 4.79 Å². The molecule has 21 heavy (non-hydrogen) atoms. The third-order valence-corrected chi connectivity index (χ3v) is 2.39. The molecule has 0 amide bonds. The first-order valence-corrected chi connectivity index (χ1v) is 5.74. The zero-order valence-electron chi connectivity index (χ0n) is 10.8. The fourth-order valence-electron chi connectivity index (χ4n) is 1.47. The summed E-state index contributed by atoms with van der Waals surface area (Å²) in [5.41, 5.74) is 4.86. The molecular formula is C12H12F5NO3. The third-order valence-electron chi connectivity index (χ3n) is 2.39. The molecule has 0 saturated carbocycles. The van der Waals surface area contributed by atoms with Gasteiger partial charge in [0, 0.05) is 0 Å². The van der Waals surface area contributed by atoms with E-state index < -0.39 is 35.6 Å². The van der Waals surface area contributed by atoms with Crippen LogP contribution in [0.3, 0.4) is 0 Å². The monoisotopic (exact) mass is 313 g/mol. The highest BCUT2D eigenvalue weighted by Crippen LogP contribution is 2.33. The van der Waals surface area contributed by atoms with Gasteiger partial charge in [-0.1, -0.05) is 12.1 Å². The van der Waals surface area contributed by atoms with Crippen LogP contribution in [-0.4, -0.2) is 24.9 Å². The van der Waals surface area contributed by atoms with Crippen LogP contribution in [0, 0.1) is 0 Å². The number of hydrogen-bond acceptors (Lipinski definition) is 4. The Morgan fingerprint density at radius 3 is 2.43 bits per heavy atom. The molecule has 0 saturated heterocycles. The van der Waals surface area contributed by atoms with Crippen molar-refractivity contribution in [2.45, 2.75) is 25.3 Å². The maximum Gasteiger partial charge on any atom is 0.573 e. The van der Waals surface area contributed by atoms with Crippen molar-refractivity contribution in [2.24, 2.45) is 5.73 Å². The molecule has 0 fully saturated rings. The average Bonchev–Trinajstić information content (AvgIpc) is 2.36. The van der Waals surface area contributed by atoms with Crippen LogP contribution in [0.2, 0.25) is 0 Å². The van der Waals surface area contributed by atoms with Crippen molar-refractivity contribution >= 4 is 5.97 Å². The van der Waals surface area contributed by atoms with Gasteiger partial charge in [-0.05, 0) is 24.6 Å². The Bertz CT molecular complexity index is 504. The van der Waals surface area contributed by atoms with Gasteiger partial charge in [-0.2, -0.15) is 8.78 Å². The molecule has 0 aromatic heterocycles. The summed E-state index contributed by atoms with van der Waals surface area (Å²) in [7, 11) is 0. The molecule has 0 bridgehead atoms. The predicted octanol–water partition coefficient (Wildman–Crippen LogP) is 2.78. The van der Waals surface area contributed by atoms with Crippen molar-refractivity contribution < 1.29 is 36.2 Å². The van der Waals surface area contributed by atoms with Crippen molar-refractivity contribution in [3.8, 4) is 5.75 Å². The summed E-state index contributed by atoms with van der Waals surface area (Å²) in [6.07, 6.45) is -4.97. The SMILES string of the molecule is CCOC(=O)C(F)(F)[C@@H](N)c1cccc(OC(F)(F)F)c1. The van der Waals surface area contributed by atoms with E-state index in [1.165, 1.54) is 6.92 Å². The fraction of sp³-hybridized carbons (Fsp3) is 0.417. The van der Waals surface area contributed by atoms with E-state index in [-0.39, 0.29) is 6.61 Å². The highest BCUT2D eigenvalue weighted by atomic mass is 19.4. The van der Waals surface area contributed by atoms with Crippen molar-refractivity contribution in [3.63, 3.8) is 0 Å². The Kier molecular flexibility index (Phi) is 5.10. The second-order valence-electron chi connectivity index (χ2n) is 3.94. The Balaban J connectivity index is 2.99. The number of carbonyl (C=O) groups excluding carboxylic acids is 1. The lowest BCUT2D eigenvalue weighted by Crippen LogP contribution is -2.41. The number of carbonyl (C=O) groups is 1. The van der Waals surface area contributed by atoms with Gasteiger partial charge in [-0.15, -0.1) is 13.2 Å². The molecule has 1 rings (SSSR count). The molecule has 0 aliphatic carbocycles. The summed E-state index contributed by atoms with van der Waals surface area (Å²) in [5, 5.41) is 0. The molecule has 1 atom stereocenters. The first-order valence-electron chi connectivity index (χ1n) is 5.74. The Morgan fingerprint density at radius 2 is 1.90 bits per heavy atom. The quantitative estimate of drug-likeness (QED) is 0.671. The number of hydrogen-bond donors (Lipinski definition) is 1. The second kappa shape index (κ2) is 6.25. The van der Waals surface area contributed by atoms with Crippen LogP contribution in [0.1, 0.15) is 18.5 Å². The van der Waals surface area contributed by atoms with Gasteiger partial charge < -0.3 is 15.2 Å². The van der Waals surface area contributed by atoms with Crippen LogP contribution in [-0.2, 0) is 9.53 Å². The maximum absolute atomic E-state index is 13.7. The van der Waals surface area contributed by atoms with E-state index in [9.17, 15) is 26.7 Å². The van der Waals surface area contributed by atoms with E-state index in [4.69, 9.17) is 5.73 Å². The molecular weight excluding hydrogens is 301 g/mol. The third kappa shape index (κ3) is 4.55. The summed E-state index contributed by atoms with van der Waals surface area (Å²) in [6.45, 7) is 1.05. The average molecular weight is 313 g/mol. The Labute approximate surface area is 116 Å². The van der Waals surface area contributed by atoms with Gasteiger partial charge in [0.1, 0.15) is 11.8 Å². The van der Waals surface area contributed by atoms with Crippen LogP contribution in [0.15, 0.2) is 24.3 Å². The molecule has 0 heterocycles. The number of ether oxygens (including phenoxy) is 2.